The molecule has 0 aromatic heterocycles. The van der Waals surface area contributed by atoms with Gasteiger partial charge in [-0.25, -0.2) is 0 Å². The highest BCUT2D eigenvalue weighted by atomic mass is 16.7. The fourth-order valence-electron chi connectivity index (χ4n) is 3.25. The van der Waals surface area contributed by atoms with Gasteiger partial charge in [0.15, 0.2) is 12.2 Å². The van der Waals surface area contributed by atoms with E-state index in [1.54, 1.807) is 31.4 Å². The highest BCUT2D eigenvalue weighted by Crippen LogP contribution is 2.31. The van der Waals surface area contributed by atoms with Crippen molar-refractivity contribution < 1.29 is 52.3 Å². The number of carbonyl (C=O) groups is 4. The lowest BCUT2D eigenvalue weighted by Crippen LogP contribution is -2.63. The molecule has 1 aromatic rings. The average Bonchev–Trinajstić information content (AvgIpc) is 2.71. The van der Waals surface area contributed by atoms with Crippen LogP contribution in [0.25, 0.3) is 0 Å². The molecule has 1 aliphatic heterocycles. The van der Waals surface area contributed by atoms with Crippen molar-refractivity contribution in [1.29, 1.82) is 0 Å². The Hall–Kier alpha value is -3.18. The molecule has 0 spiro atoms. The minimum absolute atomic E-state index is 0.329. The second kappa shape index (κ2) is 12.2. The number of rotatable bonds is 9. The van der Waals surface area contributed by atoms with E-state index in [1.807, 2.05) is 0 Å². The molecular weight excluding hydrogens is 440 g/mol. The zero-order valence-corrected chi connectivity index (χ0v) is 19.1. The van der Waals surface area contributed by atoms with Gasteiger partial charge in [0.05, 0.1) is 6.61 Å². The molecule has 0 radical (unpaired) electrons. The summed E-state index contributed by atoms with van der Waals surface area (Å²) < 4.78 is 37.9. The van der Waals surface area contributed by atoms with Crippen molar-refractivity contribution in [3.05, 3.63) is 29.8 Å². The van der Waals surface area contributed by atoms with Crippen molar-refractivity contribution in [2.45, 2.75) is 65.0 Å². The number of esters is 4. The summed E-state index contributed by atoms with van der Waals surface area (Å²) in [5.41, 5.74) is 0.895. The van der Waals surface area contributed by atoms with Crippen LogP contribution in [0.5, 0.6) is 5.75 Å². The molecule has 11 heteroatoms. The van der Waals surface area contributed by atoms with E-state index in [0.29, 0.717) is 12.4 Å². The van der Waals surface area contributed by atoms with Crippen molar-refractivity contribution in [1.82, 2.24) is 0 Å². The van der Waals surface area contributed by atoms with Crippen LogP contribution in [-0.2, 0) is 54.2 Å². The number of ether oxygens (including phenoxy) is 7. The number of hydrogen-bond acceptors (Lipinski definition) is 11. The molecule has 182 valence electrons. The lowest BCUT2D eigenvalue weighted by molar-refractivity contribution is -0.288. The van der Waals surface area contributed by atoms with Crippen molar-refractivity contribution in [3.63, 3.8) is 0 Å². The third-order valence-corrected chi connectivity index (χ3v) is 4.43. The van der Waals surface area contributed by atoms with Gasteiger partial charge in [-0.3, -0.25) is 19.2 Å². The van der Waals surface area contributed by atoms with Gasteiger partial charge in [-0.05, 0) is 17.7 Å². The molecule has 0 amide bonds. The van der Waals surface area contributed by atoms with Crippen molar-refractivity contribution in [2.24, 2.45) is 0 Å². The van der Waals surface area contributed by atoms with Crippen molar-refractivity contribution >= 4 is 23.9 Å². The molecule has 0 unspecified atom stereocenters. The number of carbonyl (C=O) groups excluding carboxylic acids is 4. The van der Waals surface area contributed by atoms with E-state index < -0.39 is 54.6 Å². The minimum atomic E-state index is -1.29. The lowest BCUT2D eigenvalue weighted by atomic mass is 9.98. The van der Waals surface area contributed by atoms with Gasteiger partial charge in [-0.2, -0.15) is 0 Å². The molecule has 2 rings (SSSR count). The molecule has 0 aliphatic carbocycles. The summed E-state index contributed by atoms with van der Waals surface area (Å²) in [5, 5.41) is 0. The van der Waals surface area contributed by atoms with Gasteiger partial charge >= 0.3 is 23.9 Å². The van der Waals surface area contributed by atoms with Crippen LogP contribution >= 0.6 is 0 Å². The van der Waals surface area contributed by atoms with Crippen LogP contribution in [0.2, 0.25) is 0 Å². The molecule has 11 nitrogen and oxygen atoms in total. The maximum absolute atomic E-state index is 11.8. The molecule has 5 atom stereocenters. The Bertz CT molecular complexity index is 835. The quantitative estimate of drug-likeness (QED) is 0.383. The molecule has 0 N–H and O–H groups in total. The Morgan fingerprint density at radius 1 is 0.788 bits per heavy atom. The van der Waals surface area contributed by atoms with Crippen LogP contribution in [0.4, 0.5) is 0 Å². The molecular formula is C22H28O11. The van der Waals surface area contributed by atoms with Gasteiger partial charge in [0, 0.05) is 34.8 Å². The third-order valence-electron chi connectivity index (χ3n) is 4.43. The van der Waals surface area contributed by atoms with E-state index in [0.717, 1.165) is 26.3 Å². The predicted molar refractivity (Wildman–Crippen MR) is 110 cm³/mol. The summed E-state index contributed by atoms with van der Waals surface area (Å²) in [7, 11) is 1.57. The Morgan fingerprint density at radius 2 is 1.33 bits per heavy atom. The first-order valence-corrected chi connectivity index (χ1v) is 10.2. The molecule has 1 aromatic carbocycles. The van der Waals surface area contributed by atoms with Gasteiger partial charge < -0.3 is 33.2 Å². The van der Waals surface area contributed by atoms with Gasteiger partial charge in [0.2, 0.25) is 12.4 Å². The molecule has 1 heterocycles. The summed E-state index contributed by atoms with van der Waals surface area (Å²) in [6, 6.07) is 6.85. The van der Waals surface area contributed by atoms with Crippen LogP contribution in [0, 0.1) is 0 Å². The number of methoxy groups -OCH3 is 1. The zero-order chi connectivity index (χ0) is 24.5. The van der Waals surface area contributed by atoms with E-state index >= 15 is 0 Å². The Balaban J connectivity index is 2.40. The molecule has 0 saturated carbocycles. The van der Waals surface area contributed by atoms with Crippen molar-refractivity contribution in [2.75, 3.05) is 13.7 Å². The largest absolute Gasteiger partial charge is 0.463 e. The first-order valence-electron chi connectivity index (χ1n) is 10.2. The fraction of sp³-hybridized carbons (Fsp3) is 0.545. The lowest BCUT2D eigenvalue weighted by Gasteiger charge is -2.43. The number of benzene rings is 1. The molecule has 1 saturated heterocycles. The summed E-state index contributed by atoms with van der Waals surface area (Å²) >= 11 is 0. The van der Waals surface area contributed by atoms with E-state index in [-0.39, 0.29) is 6.61 Å². The maximum atomic E-state index is 11.8. The molecule has 1 fully saturated rings. The summed E-state index contributed by atoms with van der Waals surface area (Å²) in [6.45, 7) is 4.73. The predicted octanol–water partition coefficient (Wildman–Crippen LogP) is 1.29. The van der Waals surface area contributed by atoms with Crippen LogP contribution in [0.15, 0.2) is 24.3 Å². The van der Waals surface area contributed by atoms with E-state index in [9.17, 15) is 19.2 Å². The maximum Gasteiger partial charge on any atom is 0.303 e. The van der Waals surface area contributed by atoms with Gasteiger partial charge in [0.25, 0.3) is 0 Å². The van der Waals surface area contributed by atoms with Crippen LogP contribution < -0.4 is 4.74 Å². The van der Waals surface area contributed by atoms with Gasteiger partial charge in [-0.15, -0.1) is 0 Å². The second-order valence-electron chi connectivity index (χ2n) is 7.26. The normalized spacial score (nSPS) is 24.3. The topological polar surface area (TPSA) is 133 Å². The van der Waals surface area contributed by atoms with E-state index in [1.165, 1.54) is 6.92 Å². The Morgan fingerprint density at radius 3 is 1.85 bits per heavy atom. The summed E-state index contributed by atoms with van der Waals surface area (Å²) in [4.78, 5) is 46.7. The highest BCUT2D eigenvalue weighted by Gasteiger charge is 2.53. The monoisotopic (exact) mass is 468 g/mol. The van der Waals surface area contributed by atoms with Gasteiger partial charge in [0.1, 0.15) is 18.5 Å². The minimum Gasteiger partial charge on any atom is -0.463 e. The summed E-state index contributed by atoms with van der Waals surface area (Å²) in [6.07, 6.45) is -6.17. The first kappa shape index (κ1) is 26.1. The summed E-state index contributed by atoms with van der Waals surface area (Å²) in [5.74, 6) is -2.37. The van der Waals surface area contributed by atoms with Crippen LogP contribution in [-0.4, -0.2) is 68.3 Å². The van der Waals surface area contributed by atoms with Crippen LogP contribution in [0.3, 0.4) is 0 Å². The Labute approximate surface area is 191 Å². The van der Waals surface area contributed by atoms with E-state index in [2.05, 4.69) is 0 Å². The van der Waals surface area contributed by atoms with Crippen LogP contribution in [0.1, 0.15) is 33.3 Å². The SMILES string of the molecule is COCc1ccc(O[C@@H]2O[C@H](COC(C)=O)[C@H](OC(C)=O)[C@H](OC(C)=O)[C@H]2OC(C)=O)cc1. The first-order chi connectivity index (χ1) is 15.6. The Kier molecular flexibility index (Phi) is 9.61. The van der Waals surface area contributed by atoms with E-state index in [4.69, 9.17) is 33.2 Å². The van der Waals surface area contributed by atoms with Crippen molar-refractivity contribution in [3.8, 4) is 5.75 Å². The fourth-order valence-corrected chi connectivity index (χ4v) is 3.25. The second-order valence-corrected chi connectivity index (χ2v) is 7.26. The standard InChI is InChI=1S/C22H28O11/c1-12(23)28-11-18-19(29-13(2)24)20(30-14(3)25)21(31-15(4)26)22(33-18)32-17-8-6-16(7-9-17)10-27-5/h6-9,18-22H,10-11H2,1-5H3/t18-,19+,20+,21-,22-/m1/s1. The van der Waals surface area contributed by atoms with Gasteiger partial charge in [-0.1, -0.05) is 12.1 Å². The molecule has 33 heavy (non-hydrogen) atoms. The number of hydrogen-bond donors (Lipinski definition) is 0. The zero-order valence-electron chi connectivity index (χ0n) is 19.1. The molecule has 0 bridgehead atoms. The average molecular weight is 468 g/mol. The highest BCUT2D eigenvalue weighted by molar-refractivity contribution is 5.68. The molecule has 1 aliphatic rings. The smallest absolute Gasteiger partial charge is 0.303 e. The third kappa shape index (κ3) is 8.03.